The van der Waals surface area contributed by atoms with E-state index in [1.807, 2.05) is 0 Å². The molecule has 2 aromatic rings. The van der Waals surface area contributed by atoms with Crippen LogP contribution >= 0.6 is 0 Å². The molecule has 3 N–H and O–H groups in total. The molecule has 2 aromatic heterocycles. The third kappa shape index (κ3) is 2.73. The van der Waals surface area contributed by atoms with Crippen molar-refractivity contribution in [2.45, 2.75) is 25.3 Å². The standard InChI is InChI=1S/C13H13N5O3/c19-10-4-3-8(13(21)16-10)15-11(20)6-9-12-7(17-18-9)2-1-5-14-12/h1-2,5,8H,3-4,6H2,(H,15,20)(H,17,18)(H,16,19,21). The molecule has 0 saturated carbocycles. The second kappa shape index (κ2) is 5.31. The average molecular weight is 287 g/mol. The Kier molecular flexibility index (Phi) is 3.35. The minimum absolute atomic E-state index is 0.0469. The number of carbonyl (C=O) groups excluding carboxylic acids is 3. The molecule has 21 heavy (non-hydrogen) atoms. The summed E-state index contributed by atoms with van der Waals surface area (Å²) in [5.74, 6) is -1.10. The van der Waals surface area contributed by atoms with Crippen molar-refractivity contribution in [3.63, 3.8) is 0 Å². The second-order valence-electron chi connectivity index (χ2n) is 4.82. The van der Waals surface area contributed by atoms with Crippen molar-refractivity contribution in [1.82, 2.24) is 25.8 Å². The molecule has 8 heteroatoms. The highest BCUT2D eigenvalue weighted by Gasteiger charge is 2.27. The predicted octanol–water partition coefficient (Wildman–Crippen LogP) is -0.578. The summed E-state index contributed by atoms with van der Waals surface area (Å²) in [5.41, 5.74) is 1.91. The second-order valence-corrected chi connectivity index (χ2v) is 4.82. The molecule has 0 spiro atoms. The fourth-order valence-electron chi connectivity index (χ4n) is 2.26. The van der Waals surface area contributed by atoms with Crippen LogP contribution in [0.5, 0.6) is 0 Å². The Hall–Kier alpha value is -2.77. The molecule has 108 valence electrons. The summed E-state index contributed by atoms with van der Waals surface area (Å²) >= 11 is 0. The van der Waals surface area contributed by atoms with Crippen molar-refractivity contribution in [2.24, 2.45) is 0 Å². The smallest absolute Gasteiger partial charge is 0.249 e. The van der Waals surface area contributed by atoms with Crippen LogP contribution < -0.4 is 10.6 Å². The van der Waals surface area contributed by atoms with Crippen molar-refractivity contribution >= 4 is 28.8 Å². The molecule has 1 atom stereocenters. The first-order valence-electron chi connectivity index (χ1n) is 6.54. The van der Waals surface area contributed by atoms with Gasteiger partial charge in [0.1, 0.15) is 17.1 Å². The summed E-state index contributed by atoms with van der Waals surface area (Å²) in [6, 6.07) is 2.88. The molecule has 0 radical (unpaired) electrons. The molecule has 1 saturated heterocycles. The van der Waals surface area contributed by atoms with E-state index in [4.69, 9.17) is 0 Å². The number of aromatic amines is 1. The van der Waals surface area contributed by atoms with Crippen LogP contribution in [0.15, 0.2) is 18.3 Å². The number of nitrogens with zero attached hydrogens (tertiary/aromatic N) is 2. The van der Waals surface area contributed by atoms with Gasteiger partial charge in [-0.3, -0.25) is 29.8 Å². The van der Waals surface area contributed by atoms with Crippen molar-refractivity contribution in [1.29, 1.82) is 0 Å². The number of H-pyrrole nitrogens is 1. The van der Waals surface area contributed by atoms with Gasteiger partial charge in [0, 0.05) is 12.6 Å². The number of pyridine rings is 1. The number of imide groups is 1. The van der Waals surface area contributed by atoms with Gasteiger partial charge in [-0.15, -0.1) is 0 Å². The third-order valence-corrected chi connectivity index (χ3v) is 3.30. The third-order valence-electron chi connectivity index (χ3n) is 3.30. The first-order valence-corrected chi connectivity index (χ1v) is 6.54. The van der Waals surface area contributed by atoms with E-state index in [-0.39, 0.29) is 24.7 Å². The van der Waals surface area contributed by atoms with Crippen LogP contribution in [0.1, 0.15) is 18.5 Å². The lowest BCUT2D eigenvalue weighted by molar-refractivity contribution is -0.137. The lowest BCUT2D eigenvalue weighted by Gasteiger charge is -2.21. The average Bonchev–Trinajstić information content (AvgIpc) is 2.85. The SMILES string of the molecule is O=C1CCC(NC(=O)Cc2[nH]nc3cccnc23)C(=O)N1. The molecular weight excluding hydrogens is 274 g/mol. The van der Waals surface area contributed by atoms with E-state index in [2.05, 4.69) is 25.8 Å². The van der Waals surface area contributed by atoms with Gasteiger partial charge in [-0.1, -0.05) is 0 Å². The molecule has 1 aliphatic rings. The van der Waals surface area contributed by atoms with Gasteiger partial charge >= 0.3 is 0 Å². The minimum Gasteiger partial charge on any atom is -0.344 e. The Labute approximate surface area is 119 Å². The molecular formula is C13H13N5O3. The van der Waals surface area contributed by atoms with Crippen molar-refractivity contribution in [3.8, 4) is 0 Å². The zero-order valence-corrected chi connectivity index (χ0v) is 11.0. The van der Waals surface area contributed by atoms with Gasteiger partial charge < -0.3 is 5.32 Å². The minimum atomic E-state index is -0.669. The molecule has 1 unspecified atom stereocenters. The number of hydrogen-bond acceptors (Lipinski definition) is 5. The largest absolute Gasteiger partial charge is 0.344 e. The fraction of sp³-hybridized carbons (Fsp3) is 0.308. The van der Waals surface area contributed by atoms with Crippen molar-refractivity contribution in [3.05, 3.63) is 24.0 Å². The van der Waals surface area contributed by atoms with Crippen molar-refractivity contribution < 1.29 is 14.4 Å². The first kappa shape index (κ1) is 13.2. The van der Waals surface area contributed by atoms with Crippen LogP contribution in [-0.2, 0) is 20.8 Å². The maximum Gasteiger partial charge on any atom is 0.249 e. The van der Waals surface area contributed by atoms with E-state index in [1.165, 1.54) is 0 Å². The van der Waals surface area contributed by atoms with Gasteiger partial charge in [0.05, 0.1) is 12.1 Å². The van der Waals surface area contributed by atoms with Crippen LogP contribution in [-0.4, -0.2) is 38.9 Å². The predicted molar refractivity (Wildman–Crippen MR) is 71.9 cm³/mol. The number of amides is 3. The highest BCUT2D eigenvalue weighted by Crippen LogP contribution is 2.12. The lowest BCUT2D eigenvalue weighted by atomic mass is 10.1. The number of piperidine rings is 1. The zero-order valence-electron chi connectivity index (χ0n) is 11.0. The molecule has 3 rings (SSSR count). The van der Waals surface area contributed by atoms with Gasteiger partial charge in [0.15, 0.2) is 0 Å². The van der Waals surface area contributed by atoms with Gasteiger partial charge in [0.2, 0.25) is 17.7 Å². The molecule has 0 aliphatic carbocycles. The highest BCUT2D eigenvalue weighted by atomic mass is 16.2. The zero-order chi connectivity index (χ0) is 14.8. The molecule has 8 nitrogen and oxygen atoms in total. The summed E-state index contributed by atoms with van der Waals surface area (Å²) < 4.78 is 0. The van der Waals surface area contributed by atoms with E-state index in [0.717, 1.165) is 0 Å². The van der Waals surface area contributed by atoms with Crippen LogP contribution in [0.3, 0.4) is 0 Å². The van der Waals surface area contributed by atoms with Gasteiger partial charge in [-0.25, -0.2) is 0 Å². The maximum absolute atomic E-state index is 12.0. The van der Waals surface area contributed by atoms with Gasteiger partial charge in [-0.05, 0) is 18.6 Å². The molecule has 0 bridgehead atoms. The number of nitrogens with one attached hydrogen (secondary N) is 3. The molecule has 0 aromatic carbocycles. The van der Waals surface area contributed by atoms with E-state index >= 15 is 0 Å². The van der Waals surface area contributed by atoms with Crippen LogP contribution in [0.25, 0.3) is 11.0 Å². The first-order chi connectivity index (χ1) is 10.1. The molecule has 3 amide bonds. The number of rotatable bonds is 3. The quantitative estimate of drug-likeness (QED) is 0.653. The number of hydrogen-bond donors (Lipinski definition) is 3. The summed E-state index contributed by atoms with van der Waals surface area (Å²) in [5, 5.41) is 11.6. The summed E-state index contributed by atoms with van der Waals surface area (Å²) in [7, 11) is 0. The Morgan fingerprint density at radius 1 is 1.43 bits per heavy atom. The van der Waals surface area contributed by atoms with E-state index < -0.39 is 11.9 Å². The maximum atomic E-state index is 12.0. The summed E-state index contributed by atoms with van der Waals surface area (Å²) in [4.78, 5) is 38.8. The number of aromatic nitrogens is 3. The van der Waals surface area contributed by atoms with E-state index in [1.54, 1.807) is 18.3 Å². The monoisotopic (exact) mass is 287 g/mol. The van der Waals surface area contributed by atoms with Crippen molar-refractivity contribution in [2.75, 3.05) is 0 Å². The number of carbonyl (C=O) groups is 3. The number of fused-ring (bicyclic) bond motifs is 1. The fourth-order valence-corrected chi connectivity index (χ4v) is 2.26. The summed E-state index contributed by atoms with van der Waals surface area (Å²) in [6.45, 7) is 0. The Morgan fingerprint density at radius 3 is 3.10 bits per heavy atom. The lowest BCUT2D eigenvalue weighted by Crippen LogP contribution is -2.52. The Morgan fingerprint density at radius 2 is 2.29 bits per heavy atom. The Balaban J connectivity index is 1.67. The molecule has 1 aliphatic heterocycles. The topological polar surface area (TPSA) is 117 Å². The van der Waals surface area contributed by atoms with Gasteiger partial charge in [0.25, 0.3) is 0 Å². The van der Waals surface area contributed by atoms with Crippen LogP contribution in [0, 0.1) is 0 Å². The summed E-state index contributed by atoms with van der Waals surface area (Å²) in [6.07, 6.45) is 2.22. The van der Waals surface area contributed by atoms with E-state index in [0.29, 0.717) is 23.1 Å². The van der Waals surface area contributed by atoms with Crippen LogP contribution in [0.4, 0.5) is 0 Å². The molecule has 1 fully saturated rings. The van der Waals surface area contributed by atoms with E-state index in [9.17, 15) is 14.4 Å². The van der Waals surface area contributed by atoms with Crippen LogP contribution in [0.2, 0.25) is 0 Å². The Bertz CT molecular complexity index is 723. The normalized spacial score (nSPS) is 18.6. The van der Waals surface area contributed by atoms with Gasteiger partial charge in [-0.2, -0.15) is 5.10 Å². The highest BCUT2D eigenvalue weighted by molar-refractivity contribution is 6.01. The molecule has 3 heterocycles.